The fourth-order valence-electron chi connectivity index (χ4n) is 2.50. The van der Waals surface area contributed by atoms with Crippen molar-refractivity contribution in [1.29, 1.82) is 0 Å². The molecule has 0 saturated heterocycles. The van der Waals surface area contributed by atoms with Gasteiger partial charge in [0, 0.05) is 22.1 Å². The van der Waals surface area contributed by atoms with Gasteiger partial charge in [0.05, 0.1) is 5.69 Å². The van der Waals surface area contributed by atoms with Crippen molar-refractivity contribution in [1.82, 2.24) is 9.55 Å². The Bertz CT molecular complexity index is 625. The van der Waals surface area contributed by atoms with Crippen LogP contribution in [0.25, 0.3) is 0 Å². The summed E-state index contributed by atoms with van der Waals surface area (Å²) < 4.78 is 2.90. The Hall–Kier alpha value is -1.14. The molecule has 2 heterocycles. The van der Waals surface area contributed by atoms with Crippen LogP contribution in [0.3, 0.4) is 0 Å². The van der Waals surface area contributed by atoms with Gasteiger partial charge in [-0.05, 0) is 47.7 Å². The van der Waals surface area contributed by atoms with Gasteiger partial charge in [0.2, 0.25) is 0 Å². The van der Waals surface area contributed by atoms with Crippen molar-refractivity contribution in [3.05, 3.63) is 33.0 Å². The van der Waals surface area contributed by atoms with Crippen molar-refractivity contribution in [3.8, 4) is 0 Å². The smallest absolute Gasteiger partial charge is 0.274 e. The predicted octanol–water partition coefficient (Wildman–Crippen LogP) is 3.86. The zero-order valence-electron chi connectivity index (χ0n) is 11.3. The fraction of sp³-hybridized carbons (Fsp3) is 0.429. The highest BCUT2D eigenvalue weighted by Crippen LogP contribution is 2.30. The van der Waals surface area contributed by atoms with Gasteiger partial charge in [-0.2, -0.15) is 0 Å². The first-order chi connectivity index (χ1) is 9.67. The molecule has 0 bridgehead atoms. The second kappa shape index (κ2) is 5.69. The zero-order valence-corrected chi connectivity index (χ0v) is 13.7. The van der Waals surface area contributed by atoms with Gasteiger partial charge in [0.25, 0.3) is 5.91 Å². The van der Waals surface area contributed by atoms with E-state index in [9.17, 15) is 4.79 Å². The minimum Gasteiger partial charge on any atom is -0.342 e. The molecule has 2 aromatic heterocycles. The average Bonchev–Trinajstić information content (AvgIpc) is 3.04. The lowest BCUT2D eigenvalue weighted by Crippen LogP contribution is -2.16. The van der Waals surface area contributed by atoms with Crippen molar-refractivity contribution in [3.63, 3.8) is 0 Å². The number of thiazole rings is 1. The van der Waals surface area contributed by atoms with Crippen molar-refractivity contribution in [2.75, 3.05) is 5.32 Å². The first-order valence-electron chi connectivity index (χ1n) is 6.83. The molecule has 1 N–H and O–H groups in total. The second-order valence-corrected chi connectivity index (χ2v) is 6.93. The summed E-state index contributed by atoms with van der Waals surface area (Å²) in [4.78, 5) is 18.2. The number of carbonyl (C=O) groups is 1. The Morgan fingerprint density at radius 3 is 3.15 bits per heavy atom. The lowest BCUT2D eigenvalue weighted by Gasteiger charge is -2.06. The van der Waals surface area contributed by atoms with E-state index in [1.54, 1.807) is 11.3 Å². The first-order valence-corrected chi connectivity index (χ1v) is 8.44. The number of nitrogens with one attached hydrogen (secondary N) is 1. The van der Waals surface area contributed by atoms with Gasteiger partial charge in [-0.1, -0.05) is 6.92 Å². The molecule has 1 aliphatic carbocycles. The standard InChI is InChI=1S/C14H16BrN3OS/c1-2-6-18-8-9(15)7-11(18)13(19)17-14-16-10-4-3-5-12(10)20-14/h7-8H,2-6H2,1H3,(H,16,17,19). The van der Waals surface area contributed by atoms with E-state index in [-0.39, 0.29) is 5.91 Å². The van der Waals surface area contributed by atoms with E-state index < -0.39 is 0 Å². The van der Waals surface area contributed by atoms with E-state index in [2.05, 4.69) is 33.2 Å². The zero-order chi connectivity index (χ0) is 14.1. The molecule has 0 aliphatic heterocycles. The third-order valence-corrected chi connectivity index (χ3v) is 4.88. The van der Waals surface area contributed by atoms with E-state index in [1.165, 1.54) is 11.3 Å². The highest BCUT2D eigenvalue weighted by molar-refractivity contribution is 9.10. The summed E-state index contributed by atoms with van der Waals surface area (Å²) in [7, 11) is 0. The minimum absolute atomic E-state index is 0.0865. The monoisotopic (exact) mass is 353 g/mol. The van der Waals surface area contributed by atoms with E-state index in [0.29, 0.717) is 5.69 Å². The normalized spacial score (nSPS) is 13.5. The van der Waals surface area contributed by atoms with Crippen LogP contribution in [0.5, 0.6) is 0 Å². The van der Waals surface area contributed by atoms with Crippen LogP contribution in [0, 0.1) is 0 Å². The number of hydrogen-bond acceptors (Lipinski definition) is 3. The molecule has 0 fully saturated rings. The van der Waals surface area contributed by atoms with Crippen LogP contribution in [0.2, 0.25) is 0 Å². The minimum atomic E-state index is -0.0865. The van der Waals surface area contributed by atoms with E-state index >= 15 is 0 Å². The van der Waals surface area contributed by atoms with Gasteiger partial charge in [0.1, 0.15) is 5.69 Å². The number of nitrogens with zero attached hydrogens (tertiary/aromatic N) is 2. The van der Waals surface area contributed by atoms with Crippen LogP contribution in [0.4, 0.5) is 5.13 Å². The van der Waals surface area contributed by atoms with Gasteiger partial charge < -0.3 is 4.57 Å². The predicted molar refractivity (Wildman–Crippen MR) is 84.5 cm³/mol. The molecule has 4 nitrogen and oxygen atoms in total. The van der Waals surface area contributed by atoms with Crippen molar-refractivity contribution >= 4 is 38.3 Å². The molecule has 1 aliphatic rings. The fourth-order valence-corrected chi connectivity index (χ4v) is 4.00. The largest absolute Gasteiger partial charge is 0.342 e. The maximum atomic E-state index is 12.4. The number of rotatable bonds is 4. The average molecular weight is 354 g/mol. The van der Waals surface area contributed by atoms with E-state index in [0.717, 1.165) is 41.1 Å². The van der Waals surface area contributed by atoms with Crippen LogP contribution < -0.4 is 5.32 Å². The van der Waals surface area contributed by atoms with E-state index in [4.69, 9.17) is 0 Å². The molecular formula is C14H16BrN3OS. The van der Waals surface area contributed by atoms with Crippen molar-refractivity contribution in [2.45, 2.75) is 39.2 Å². The molecule has 0 aromatic carbocycles. The highest BCUT2D eigenvalue weighted by atomic mass is 79.9. The maximum absolute atomic E-state index is 12.4. The molecule has 1 amide bonds. The Morgan fingerprint density at radius 1 is 1.55 bits per heavy atom. The van der Waals surface area contributed by atoms with Crippen LogP contribution in [-0.4, -0.2) is 15.5 Å². The number of aryl methyl sites for hydroxylation is 3. The van der Waals surface area contributed by atoms with Gasteiger partial charge in [-0.3, -0.25) is 10.1 Å². The van der Waals surface area contributed by atoms with Gasteiger partial charge in [0.15, 0.2) is 5.13 Å². The number of hydrogen-bond donors (Lipinski definition) is 1. The lowest BCUT2D eigenvalue weighted by molar-refractivity contribution is 0.101. The Kier molecular flexibility index (Phi) is 3.94. The van der Waals surface area contributed by atoms with Crippen LogP contribution >= 0.6 is 27.3 Å². The van der Waals surface area contributed by atoms with Gasteiger partial charge in [-0.25, -0.2) is 4.98 Å². The molecule has 0 radical (unpaired) electrons. The van der Waals surface area contributed by atoms with E-state index in [1.807, 2.05) is 16.8 Å². The van der Waals surface area contributed by atoms with Gasteiger partial charge in [-0.15, -0.1) is 11.3 Å². The molecule has 0 saturated carbocycles. The SMILES string of the molecule is CCCn1cc(Br)cc1C(=O)Nc1nc2c(s1)CCC2. The lowest BCUT2D eigenvalue weighted by atomic mass is 10.4. The molecule has 0 unspecified atom stereocenters. The van der Waals surface area contributed by atoms with Crippen molar-refractivity contribution in [2.24, 2.45) is 0 Å². The number of fused-ring (bicyclic) bond motifs is 1. The summed E-state index contributed by atoms with van der Waals surface area (Å²) >= 11 is 5.04. The number of anilines is 1. The van der Waals surface area contributed by atoms with Gasteiger partial charge >= 0.3 is 0 Å². The van der Waals surface area contributed by atoms with Crippen molar-refractivity contribution < 1.29 is 4.79 Å². The molecule has 0 spiro atoms. The molecular weight excluding hydrogens is 338 g/mol. The molecule has 3 rings (SSSR count). The van der Waals surface area contributed by atoms with Crippen LogP contribution in [0.1, 0.15) is 40.8 Å². The first kappa shape index (κ1) is 13.8. The maximum Gasteiger partial charge on any atom is 0.274 e. The number of halogens is 1. The second-order valence-electron chi connectivity index (χ2n) is 4.93. The summed E-state index contributed by atoms with van der Waals surface area (Å²) in [5.41, 5.74) is 1.84. The highest BCUT2D eigenvalue weighted by Gasteiger charge is 2.19. The quantitative estimate of drug-likeness (QED) is 0.906. The molecule has 6 heteroatoms. The molecule has 2 aromatic rings. The Labute approximate surface area is 130 Å². The summed E-state index contributed by atoms with van der Waals surface area (Å²) in [5, 5.41) is 3.65. The van der Waals surface area contributed by atoms with Crippen LogP contribution in [-0.2, 0) is 19.4 Å². The Morgan fingerprint density at radius 2 is 2.40 bits per heavy atom. The van der Waals surface area contributed by atoms with Crippen LogP contribution in [0.15, 0.2) is 16.7 Å². The number of carbonyl (C=O) groups excluding carboxylic acids is 1. The molecule has 0 atom stereocenters. The molecule has 106 valence electrons. The third kappa shape index (κ3) is 2.67. The molecule has 20 heavy (non-hydrogen) atoms. The third-order valence-electron chi connectivity index (χ3n) is 3.38. The number of aromatic nitrogens is 2. The topological polar surface area (TPSA) is 46.9 Å². The summed E-state index contributed by atoms with van der Waals surface area (Å²) in [5.74, 6) is -0.0865. The summed E-state index contributed by atoms with van der Waals surface area (Å²) in [6.45, 7) is 2.93. The summed E-state index contributed by atoms with van der Waals surface area (Å²) in [6, 6.07) is 1.85. The number of amides is 1. The summed E-state index contributed by atoms with van der Waals surface area (Å²) in [6.07, 6.45) is 6.27. The Balaban J connectivity index is 1.78.